The monoisotopic (exact) mass is 282 g/mol. The largest absolute Gasteiger partial charge is 0.479 e. The van der Waals surface area contributed by atoms with E-state index in [2.05, 4.69) is 15.6 Å². The summed E-state index contributed by atoms with van der Waals surface area (Å²) in [4.78, 5) is 26.8. The fourth-order valence-electron chi connectivity index (χ4n) is 2.03. The number of aliphatic carboxylic acids is 1. The quantitative estimate of drug-likeness (QED) is 0.627. The van der Waals surface area contributed by atoms with E-state index in [1.165, 1.54) is 0 Å². The molecule has 1 aromatic heterocycles. The van der Waals surface area contributed by atoms with Gasteiger partial charge >= 0.3 is 12.0 Å². The zero-order valence-corrected chi connectivity index (χ0v) is 11.0. The number of hydrogen-bond donors (Lipinski definition) is 3. The Morgan fingerprint density at radius 2 is 2.35 bits per heavy atom. The van der Waals surface area contributed by atoms with Gasteiger partial charge in [0.25, 0.3) is 0 Å². The predicted octanol–water partition coefficient (Wildman–Crippen LogP) is -0.184. The Morgan fingerprint density at radius 3 is 2.95 bits per heavy atom. The molecule has 3 N–H and O–H groups in total. The van der Waals surface area contributed by atoms with Crippen molar-refractivity contribution in [3.63, 3.8) is 0 Å². The lowest BCUT2D eigenvalue weighted by Gasteiger charge is -2.23. The first-order valence-corrected chi connectivity index (χ1v) is 6.45. The molecule has 1 saturated heterocycles. The molecule has 1 aliphatic rings. The number of amides is 2. The van der Waals surface area contributed by atoms with Crippen LogP contribution in [0.2, 0.25) is 0 Å². The molecule has 2 rings (SSSR count). The van der Waals surface area contributed by atoms with E-state index in [9.17, 15) is 14.7 Å². The Labute approximate surface area is 116 Å². The van der Waals surface area contributed by atoms with Gasteiger partial charge in [-0.1, -0.05) is 0 Å². The highest BCUT2D eigenvalue weighted by Gasteiger charge is 2.43. The van der Waals surface area contributed by atoms with Crippen molar-refractivity contribution in [3.8, 4) is 0 Å². The van der Waals surface area contributed by atoms with Crippen LogP contribution in [0, 0.1) is 0 Å². The number of hydrogen-bond acceptors (Lipinski definition) is 4. The molecule has 8 nitrogen and oxygen atoms in total. The van der Waals surface area contributed by atoms with Crippen LogP contribution in [0.15, 0.2) is 18.7 Å². The molecular weight excluding hydrogens is 264 g/mol. The second kappa shape index (κ2) is 6.38. The minimum atomic E-state index is -1.30. The van der Waals surface area contributed by atoms with Crippen molar-refractivity contribution in [2.45, 2.75) is 24.9 Å². The van der Waals surface area contributed by atoms with E-state index in [4.69, 9.17) is 4.74 Å². The van der Waals surface area contributed by atoms with Crippen LogP contribution in [0.3, 0.4) is 0 Å². The standard InChI is InChI=1S/C12H18N4O4/c17-10(18)12(2-7-20-8-12)15-11(19)14-3-1-5-16-6-4-13-9-16/h4,6,9H,1-3,5,7-8H2,(H,17,18)(H2,14,15,19). The van der Waals surface area contributed by atoms with Gasteiger partial charge < -0.3 is 25.0 Å². The van der Waals surface area contributed by atoms with Crippen molar-refractivity contribution in [3.05, 3.63) is 18.7 Å². The second-order valence-electron chi connectivity index (χ2n) is 4.72. The van der Waals surface area contributed by atoms with E-state index in [1.54, 1.807) is 12.5 Å². The summed E-state index contributed by atoms with van der Waals surface area (Å²) in [5.74, 6) is -1.07. The third-order valence-electron chi connectivity index (χ3n) is 3.22. The molecule has 2 amide bonds. The minimum absolute atomic E-state index is 0.00475. The van der Waals surface area contributed by atoms with Crippen molar-refractivity contribution in [1.29, 1.82) is 0 Å². The van der Waals surface area contributed by atoms with Gasteiger partial charge in [0, 0.05) is 38.5 Å². The number of aryl methyl sites for hydroxylation is 1. The van der Waals surface area contributed by atoms with Gasteiger partial charge in [0.1, 0.15) is 0 Å². The Morgan fingerprint density at radius 1 is 1.50 bits per heavy atom. The summed E-state index contributed by atoms with van der Waals surface area (Å²) in [6, 6.07) is -0.483. The molecule has 0 radical (unpaired) electrons. The maximum Gasteiger partial charge on any atom is 0.332 e. The maximum atomic E-state index is 11.7. The third-order valence-corrected chi connectivity index (χ3v) is 3.22. The smallest absolute Gasteiger partial charge is 0.332 e. The average molecular weight is 282 g/mol. The van der Waals surface area contributed by atoms with Crippen LogP contribution in [0.5, 0.6) is 0 Å². The molecule has 1 unspecified atom stereocenters. The Hall–Kier alpha value is -2.09. The van der Waals surface area contributed by atoms with Gasteiger partial charge in [-0.25, -0.2) is 14.6 Å². The Bertz CT molecular complexity index is 454. The van der Waals surface area contributed by atoms with Crippen molar-refractivity contribution < 1.29 is 19.4 Å². The molecule has 0 aliphatic carbocycles. The molecule has 2 heterocycles. The van der Waals surface area contributed by atoms with Gasteiger partial charge in [-0.05, 0) is 6.42 Å². The number of nitrogens with one attached hydrogen (secondary N) is 2. The van der Waals surface area contributed by atoms with E-state index < -0.39 is 17.5 Å². The Balaban J connectivity index is 1.70. The number of rotatable bonds is 6. The molecule has 110 valence electrons. The number of nitrogens with zero attached hydrogens (tertiary/aromatic N) is 2. The lowest BCUT2D eigenvalue weighted by molar-refractivity contribution is -0.144. The molecule has 8 heteroatoms. The molecule has 0 spiro atoms. The highest BCUT2D eigenvalue weighted by Crippen LogP contribution is 2.18. The summed E-state index contributed by atoms with van der Waals surface area (Å²) in [6.45, 7) is 1.55. The molecule has 1 aliphatic heterocycles. The molecule has 1 atom stereocenters. The number of carbonyl (C=O) groups excluding carboxylic acids is 1. The number of imidazole rings is 1. The summed E-state index contributed by atoms with van der Waals surface area (Å²) >= 11 is 0. The van der Waals surface area contributed by atoms with Crippen molar-refractivity contribution >= 4 is 12.0 Å². The van der Waals surface area contributed by atoms with E-state index >= 15 is 0 Å². The molecule has 1 aromatic rings. The maximum absolute atomic E-state index is 11.7. The van der Waals surface area contributed by atoms with Crippen LogP contribution in [-0.4, -0.2) is 52.0 Å². The van der Waals surface area contributed by atoms with Gasteiger partial charge in [0.2, 0.25) is 0 Å². The number of carboxylic acid groups (broad SMARTS) is 1. The summed E-state index contributed by atoms with van der Waals surface area (Å²) in [5, 5.41) is 14.3. The van der Waals surface area contributed by atoms with Crippen molar-refractivity contribution in [1.82, 2.24) is 20.2 Å². The number of urea groups is 1. The lowest BCUT2D eigenvalue weighted by atomic mass is 9.99. The zero-order valence-electron chi connectivity index (χ0n) is 11.0. The normalized spacial score (nSPS) is 21.6. The topological polar surface area (TPSA) is 105 Å². The number of ether oxygens (including phenoxy) is 1. The first-order valence-electron chi connectivity index (χ1n) is 6.45. The van der Waals surface area contributed by atoms with E-state index in [1.807, 2.05) is 10.8 Å². The number of aromatic nitrogens is 2. The van der Waals surface area contributed by atoms with Crippen molar-refractivity contribution in [2.75, 3.05) is 19.8 Å². The fraction of sp³-hybridized carbons (Fsp3) is 0.583. The zero-order chi connectivity index (χ0) is 14.4. The van der Waals surface area contributed by atoms with E-state index in [0.717, 1.165) is 13.0 Å². The fourth-order valence-corrected chi connectivity index (χ4v) is 2.03. The summed E-state index contributed by atoms with van der Waals surface area (Å²) in [6.07, 6.45) is 6.26. The van der Waals surface area contributed by atoms with Gasteiger partial charge in [-0.2, -0.15) is 0 Å². The SMILES string of the molecule is O=C(NCCCn1ccnc1)NC1(C(=O)O)CCOC1. The first-order chi connectivity index (χ1) is 9.62. The van der Waals surface area contributed by atoms with E-state index in [0.29, 0.717) is 13.2 Å². The highest BCUT2D eigenvalue weighted by atomic mass is 16.5. The van der Waals surface area contributed by atoms with Crippen LogP contribution in [0.25, 0.3) is 0 Å². The molecule has 0 saturated carbocycles. The van der Waals surface area contributed by atoms with Crippen LogP contribution < -0.4 is 10.6 Å². The highest BCUT2D eigenvalue weighted by molar-refractivity contribution is 5.86. The molecular formula is C12H18N4O4. The summed E-state index contributed by atoms with van der Waals surface area (Å²) in [7, 11) is 0. The van der Waals surface area contributed by atoms with Gasteiger partial charge in [-0.15, -0.1) is 0 Å². The Kier molecular flexibility index (Phi) is 4.57. The average Bonchev–Trinajstić information content (AvgIpc) is 3.06. The molecule has 0 aromatic carbocycles. The van der Waals surface area contributed by atoms with Crippen LogP contribution in [0.4, 0.5) is 4.79 Å². The first kappa shape index (κ1) is 14.3. The van der Waals surface area contributed by atoms with Crippen LogP contribution >= 0.6 is 0 Å². The van der Waals surface area contributed by atoms with E-state index in [-0.39, 0.29) is 13.0 Å². The van der Waals surface area contributed by atoms with Crippen LogP contribution in [-0.2, 0) is 16.1 Å². The van der Waals surface area contributed by atoms with Gasteiger partial charge in [0.15, 0.2) is 5.54 Å². The number of carboxylic acids is 1. The van der Waals surface area contributed by atoms with Gasteiger partial charge in [-0.3, -0.25) is 0 Å². The van der Waals surface area contributed by atoms with Crippen LogP contribution in [0.1, 0.15) is 12.8 Å². The van der Waals surface area contributed by atoms with Crippen molar-refractivity contribution in [2.24, 2.45) is 0 Å². The minimum Gasteiger partial charge on any atom is -0.479 e. The third kappa shape index (κ3) is 3.47. The lowest BCUT2D eigenvalue weighted by Crippen LogP contribution is -2.57. The predicted molar refractivity (Wildman–Crippen MR) is 69.2 cm³/mol. The van der Waals surface area contributed by atoms with Gasteiger partial charge in [0.05, 0.1) is 12.9 Å². The molecule has 1 fully saturated rings. The molecule has 20 heavy (non-hydrogen) atoms. The summed E-state index contributed by atoms with van der Waals surface area (Å²) < 4.78 is 6.97. The summed E-state index contributed by atoms with van der Waals surface area (Å²) in [5.41, 5.74) is -1.30. The number of carbonyl (C=O) groups is 2. The molecule has 0 bridgehead atoms. The second-order valence-corrected chi connectivity index (χ2v) is 4.72.